The number of carbonyl (C=O) groups excluding carboxylic acids is 1. The molecular weight excluding hydrogens is 238 g/mol. The number of aryl methyl sites for hydroxylation is 1. The number of amides is 1. The second-order valence-electron chi connectivity index (χ2n) is 4.51. The number of hydrogen-bond donors (Lipinski definition) is 2. The largest absolute Gasteiger partial charge is 0.507 e. The Balaban J connectivity index is 1.91. The highest BCUT2D eigenvalue weighted by Gasteiger charge is 2.10. The highest BCUT2D eigenvalue weighted by Crippen LogP contribution is 2.18. The molecule has 2 N–H and O–H groups in total. The molecule has 2 aromatic carbocycles. The van der Waals surface area contributed by atoms with Gasteiger partial charge in [-0.25, -0.2) is 0 Å². The van der Waals surface area contributed by atoms with Crippen molar-refractivity contribution in [2.24, 2.45) is 0 Å². The Bertz CT molecular complexity index is 564. The predicted octanol–water partition coefficient (Wildman–Crippen LogP) is 2.67. The molecular formula is C16H17NO2. The lowest BCUT2D eigenvalue weighted by Gasteiger charge is -2.07. The van der Waals surface area contributed by atoms with E-state index in [1.807, 2.05) is 43.3 Å². The van der Waals surface area contributed by atoms with Crippen LogP contribution in [-0.4, -0.2) is 17.6 Å². The maximum absolute atomic E-state index is 11.9. The summed E-state index contributed by atoms with van der Waals surface area (Å²) in [5.41, 5.74) is 2.42. The van der Waals surface area contributed by atoms with E-state index in [9.17, 15) is 9.90 Å². The monoisotopic (exact) mass is 255 g/mol. The summed E-state index contributed by atoms with van der Waals surface area (Å²) < 4.78 is 0. The number of nitrogens with one attached hydrogen (secondary N) is 1. The van der Waals surface area contributed by atoms with Crippen molar-refractivity contribution in [2.75, 3.05) is 6.54 Å². The maximum Gasteiger partial charge on any atom is 0.255 e. The second-order valence-corrected chi connectivity index (χ2v) is 4.51. The third-order valence-electron chi connectivity index (χ3n) is 2.94. The molecule has 0 fully saturated rings. The molecule has 1 amide bonds. The fourth-order valence-corrected chi connectivity index (χ4v) is 1.89. The molecule has 2 rings (SSSR count). The van der Waals surface area contributed by atoms with E-state index < -0.39 is 0 Å². The van der Waals surface area contributed by atoms with Crippen molar-refractivity contribution in [2.45, 2.75) is 13.3 Å². The van der Waals surface area contributed by atoms with Gasteiger partial charge in [0.2, 0.25) is 0 Å². The summed E-state index contributed by atoms with van der Waals surface area (Å²) in [4.78, 5) is 11.9. The summed E-state index contributed by atoms with van der Waals surface area (Å²) in [6.07, 6.45) is 0.777. The van der Waals surface area contributed by atoms with Crippen LogP contribution >= 0.6 is 0 Å². The van der Waals surface area contributed by atoms with Crippen LogP contribution in [0.5, 0.6) is 5.75 Å². The normalized spacial score (nSPS) is 10.2. The van der Waals surface area contributed by atoms with Crippen LogP contribution in [0.3, 0.4) is 0 Å². The van der Waals surface area contributed by atoms with Gasteiger partial charge in [0.15, 0.2) is 0 Å². The molecule has 3 heteroatoms. The molecule has 0 heterocycles. The lowest BCUT2D eigenvalue weighted by atomic mass is 10.1. The van der Waals surface area contributed by atoms with Crippen molar-refractivity contribution in [3.63, 3.8) is 0 Å². The van der Waals surface area contributed by atoms with Crippen LogP contribution < -0.4 is 5.32 Å². The van der Waals surface area contributed by atoms with E-state index in [0.717, 1.165) is 12.0 Å². The van der Waals surface area contributed by atoms with Gasteiger partial charge in [-0.2, -0.15) is 0 Å². The van der Waals surface area contributed by atoms with Gasteiger partial charge in [-0.15, -0.1) is 0 Å². The first-order chi connectivity index (χ1) is 9.16. The first-order valence-corrected chi connectivity index (χ1v) is 6.28. The van der Waals surface area contributed by atoms with Crippen LogP contribution in [0.15, 0.2) is 48.5 Å². The van der Waals surface area contributed by atoms with Gasteiger partial charge in [0.05, 0.1) is 5.56 Å². The van der Waals surface area contributed by atoms with Crippen LogP contribution in [0.2, 0.25) is 0 Å². The first-order valence-electron chi connectivity index (χ1n) is 6.28. The SMILES string of the molecule is Cc1ccc(C(=O)NCCc2ccccc2)c(O)c1. The predicted molar refractivity (Wildman–Crippen MR) is 75.3 cm³/mol. The van der Waals surface area contributed by atoms with Gasteiger partial charge in [0.1, 0.15) is 5.75 Å². The number of phenols is 1. The topological polar surface area (TPSA) is 49.3 Å². The first kappa shape index (κ1) is 13.1. The number of benzene rings is 2. The van der Waals surface area contributed by atoms with Gasteiger partial charge in [-0.05, 0) is 36.6 Å². The minimum absolute atomic E-state index is 0.0252. The minimum Gasteiger partial charge on any atom is -0.507 e. The van der Waals surface area contributed by atoms with Gasteiger partial charge in [-0.1, -0.05) is 36.4 Å². The zero-order valence-corrected chi connectivity index (χ0v) is 10.9. The molecule has 0 saturated heterocycles. The Morgan fingerprint density at radius 1 is 1.16 bits per heavy atom. The number of hydrogen-bond acceptors (Lipinski definition) is 2. The van der Waals surface area contributed by atoms with Crippen molar-refractivity contribution >= 4 is 5.91 Å². The third-order valence-corrected chi connectivity index (χ3v) is 2.94. The Kier molecular flexibility index (Phi) is 4.18. The van der Waals surface area contributed by atoms with E-state index in [-0.39, 0.29) is 11.7 Å². The summed E-state index contributed by atoms with van der Waals surface area (Å²) in [5.74, 6) is -0.217. The van der Waals surface area contributed by atoms with E-state index in [4.69, 9.17) is 0 Å². The summed E-state index contributed by atoms with van der Waals surface area (Å²) in [6, 6.07) is 15.0. The van der Waals surface area contributed by atoms with Crippen molar-refractivity contribution in [1.29, 1.82) is 0 Å². The molecule has 98 valence electrons. The molecule has 0 atom stereocenters. The summed E-state index contributed by atoms with van der Waals surface area (Å²) in [6.45, 7) is 2.42. The molecule has 19 heavy (non-hydrogen) atoms. The van der Waals surface area contributed by atoms with Crippen LogP contribution in [0.25, 0.3) is 0 Å². The molecule has 2 aromatic rings. The molecule has 3 nitrogen and oxygen atoms in total. The molecule has 0 unspecified atom stereocenters. The summed E-state index contributed by atoms with van der Waals surface area (Å²) >= 11 is 0. The Morgan fingerprint density at radius 2 is 1.89 bits per heavy atom. The highest BCUT2D eigenvalue weighted by molar-refractivity contribution is 5.96. The average Bonchev–Trinajstić information content (AvgIpc) is 2.39. The van der Waals surface area contributed by atoms with Crippen LogP contribution in [0.4, 0.5) is 0 Å². The van der Waals surface area contributed by atoms with Crippen LogP contribution in [-0.2, 0) is 6.42 Å². The highest BCUT2D eigenvalue weighted by atomic mass is 16.3. The van der Waals surface area contributed by atoms with Crippen molar-refractivity contribution in [3.05, 3.63) is 65.2 Å². The van der Waals surface area contributed by atoms with Crippen LogP contribution in [0.1, 0.15) is 21.5 Å². The van der Waals surface area contributed by atoms with E-state index in [0.29, 0.717) is 12.1 Å². The molecule has 0 aliphatic heterocycles. The summed E-state index contributed by atoms with van der Waals surface area (Å²) in [5, 5.41) is 12.5. The molecule has 0 spiro atoms. The quantitative estimate of drug-likeness (QED) is 0.882. The van der Waals surface area contributed by atoms with Gasteiger partial charge < -0.3 is 10.4 Å². The molecule has 0 radical (unpaired) electrons. The fraction of sp³-hybridized carbons (Fsp3) is 0.188. The van der Waals surface area contributed by atoms with Gasteiger partial charge in [0, 0.05) is 6.54 Å². The van der Waals surface area contributed by atoms with E-state index >= 15 is 0 Å². The van der Waals surface area contributed by atoms with E-state index in [1.165, 1.54) is 5.56 Å². The molecule has 0 bridgehead atoms. The number of aromatic hydroxyl groups is 1. The Hall–Kier alpha value is -2.29. The number of phenolic OH excluding ortho intramolecular Hbond substituents is 1. The van der Waals surface area contributed by atoms with Crippen molar-refractivity contribution in [3.8, 4) is 5.75 Å². The Morgan fingerprint density at radius 3 is 2.58 bits per heavy atom. The standard InChI is InChI=1S/C16H17NO2/c1-12-7-8-14(15(18)11-12)16(19)17-10-9-13-5-3-2-4-6-13/h2-8,11,18H,9-10H2,1H3,(H,17,19). The zero-order valence-electron chi connectivity index (χ0n) is 10.9. The average molecular weight is 255 g/mol. The second kappa shape index (κ2) is 6.05. The smallest absolute Gasteiger partial charge is 0.255 e. The number of carbonyl (C=O) groups is 1. The maximum atomic E-state index is 11.9. The zero-order chi connectivity index (χ0) is 13.7. The summed E-state index contributed by atoms with van der Waals surface area (Å²) in [7, 11) is 0. The lowest BCUT2D eigenvalue weighted by Crippen LogP contribution is -2.25. The molecule has 0 aromatic heterocycles. The van der Waals surface area contributed by atoms with E-state index in [2.05, 4.69) is 5.32 Å². The molecule has 0 aliphatic rings. The number of rotatable bonds is 4. The van der Waals surface area contributed by atoms with Gasteiger partial charge >= 0.3 is 0 Å². The van der Waals surface area contributed by atoms with Crippen molar-refractivity contribution in [1.82, 2.24) is 5.32 Å². The van der Waals surface area contributed by atoms with Crippen LogP contribution in [0, 0.1) is 6.92 Å². The minimum atomic E-state index is -0.242. The fourth-order valence-electron chi connectivity index (χ4n) is 1.89. The lowest BCUT2D eigenvalue weighted by molar-refractivity contribution is 0.0951. The Labute approximate surface area is 112 Å². The molecule has 0 saturated carbocycles. The van der Waals surface area contributed by atoms with Gasteiger partial charge in [0.25, 0.3) is 5.91 Å². The van der Waals surface area contributed by atoms with E-state index in [1.54, 1.807) is 12.1 Å². The molecule has 0 aliphatic carbocycles. The van der Waals surface area contributed by atoms with Gasteiger partial charge in [-0.3, -0.25) is 4.79 Å². The van der Waals surface area contributed by atoms with Crippen molar-refractivity contribution < 1.29 is 9.90 Å². The third kappa shape index (κ3) is 3.58.